The van der Waals surface area contributed by atoms with Crippen molar-refractivity contribution in [2.24, 2.45) is 0 Å². The van der Waals surface area contributed by atoms with E-state index in [1.165, 1.54) is 24.3 Å². The monoisotopic (exact) mass is 420 g/mol. The van der Waals surface area contributed by atoms with Gasteiger partial charge in [0.05, 0.1) is 19.1 Å². The molecule has 0 bridgehead atoms. The maximum atomic E-state index is 12.3. The third-order valence-corrected chi connectivity index (χ3v) is 6.15. The molecule has 0 heterocycles. The summed E-state index contributed by atoms with van der Waals surface area (Å²) in [6, 6.07) is 11.4. The van der Waals surface area contributed by atoms with Crippen molar-refractivity contribution in [3.05, 3.63) is 53.6 Å². The van der Waals surface area contributed by atoms with Gasteiger partial charge < -0.3 is 14.8 Å². The van der Waals surface area contributed by atoms with E-state index in [1.54, 1.807) is 21.1 Å². The van der Waals surface area contributed by atoms with E-state index in [-0.39, 0.29) is 16.8 Å². The average Bonchev–Trinajstić information content (AvgIpc) is 2.73. The van der Waals surface area contributed by atoms with Gasteiger partial charge in [-0.1, -0.05) is 13.0 Å². The van der Waals surface area contributed by atoms with E-state index >= 15 is 0 Å². The van der Waals surface area contributed by atoms with Crippen LogP contribution >= 0.6 is 0 Å². The van der Waals surface area contributed by atoms with Gasteiger partial charge in [0.1, 0.15) is 0 Å². The van der Waals surface area contributed by atoms with E-state index in [4.69, 9.17) is 9.47 Å². The molecule has 0 fully saturated rings. The van der Waals surface area contributed by atoms with E-state index in [9.17, 15) is 13.2 Å². The highest BCUT2D eigenvalue weighted by molar-refractivity contribution is 7.89. The molecule has 2 N–H and O–H groups in total. The molecule has 158 valence electrons. The van der Waals surface area contributed by atoms with Gasteiger partial charge in [-0.05, 0) is 61.7 Å². The first-order chi connectivity index (χ1) is 13.8. The van der Waals surface area contributed by atoms with Gasteiger partial charge >= 0.3 is 0 Å². The zero-order valence-electron chi connectivity index (χ0n) is 17.2. The lowest BCUT2D eigenvalue weighted by atomic mass is 10.1. The Hall–Kier alpha value is -2.58. The van der Waals surface area contributed by atoms with E-state index in [1.807, 2.05) is 25.1 Å². The van der Waals surface area contributed by atoms with Gasteiger partial charge in [0.25, 0.3) is 5.91 Å². The second-order valence-corrected chi connectivity index (χ2v) is 8.36. The summed E-state index contributed by atoms with van der Waals surface area (Å²) in [5.41, 5.74) is 1.40. The zero-order valence-corrected chi connectivity index (χ0v) is 18.0. The number of methoxy groups -OCH3 is 2. The smallest absolute Gasteiger partial charge is 0.251 e. The standard InChI is InChI=1S/C21H28N2O5S/c1-5-15(2)23-29(25,26)18-9-7-17(8-10-18)21(24)22-13-12-16-6-11-19(27-3)20(14-16)28-4/h6-11,14-15,23H,5,12-13H2,1-4H3,(H,22,24)/t15-/m0/s1. The molecule has 0 unspecified atom stereocenters. The van der Waals surface area contributed by atoms with Gasteiger partial charge in [-0.2, -0.15) is 0 Å². The predicted molar refractivity (Wildman–Crippen MR) is 112 cm³/mol. The Morgan fingerprint density at radius 3 is 2.28 bits per heavy atom. The maximum absolute atomic E-state index is 12.3. The highest BCUT2D eigenvalue weighted by Gasteiger charge is 2.17. The molecule has 7 nitrogen and oxygen atoms in total. The second kappa shape index (κ2) is 10.3. The first kappa shape index (κ1) is 22.7. The number of rotatable bonds is 10. The van der Waals surface area contributed by atoms with Crippen LogP contribution < -0.4 is 19.5 Å². The quantitative estimate of drug-likeness (QED) is 0.616. The first-order valence-corrected chi connectivity index (χ1v) is 10.9. The minimum absolute atomic E-state index is 0.139. The van der Waals surface area contributed by atoms with Crippen molar-refractivity contribution in [3.63, 3.8) is 0 Å². The van der Waals surface area contributed by atoms with Crippen LogP contribution in [0.4, 0.5) is 0 Å². The Morgan fingerprint density at radius 1 is 1.03 bits per heavy atom. The summed E-state index contributed by atoms with van der Waals surface area (Å²) < 4.78 is 37.6. The normalized spacial score (nSPS) is 12.3. The summed E-state index contributed by atoms with van der Waals surface area (Å²) in [4.78, 5) is 12.5. The molecule has 1 atom stereocenters. The number of amides is 1. The predicted octanol–water partition coefficient (Wildman–Crippen LogP) is 2.75. The van der Waals surface area contributed by atoms with E-state index in [0.717, 1.165) is 5.56 Å². The minimum atomic E-state index is -3.58. The largest absolute Gasteiger partial charge is 0.493 e. The van der Waals surface area contributed by atoms with Crippen molar-refractivity contribution in [2.75, 3.05) is 20.8 Å². The Bertz CT molecular complexity index is 927. The summed E-state index contributed by atoms with van der Waals surface area (Å²) in [6.07, 6.45) is 1.32. The molecule has 0 aromatic heterocycles. The summed E-state index contributed by atoms with van der Waals surface area (Å²) in [5, 5.41) is 2.84. The molecule has 0 radical (unpaired) electrons. The van der Waals surface area contributed by atoms with Crippen LogP contribution in [0.3, 0.4) is 0 Å². The number of hydrogen-bond donors (Lipinski definition) is 2. The molecular weight excluding hydrogens is 392 g/mol. The number of nitrogens with one attached hydrogen (secondary N) is 2. The van der Waals surface area contributed by atoms with Crippen molar-refractivity contribution in [3.8, 4) is 11.5 Å². The number of ether oxygens (including phenoxy) is 2. The third-order valence-electron chi connectivity index (χ3n) is 4.54. The molecule has 0 saturated heterocycles. The molecule has 0 aliphatic heterocycles. The number of sulfonamides is 1. The van der Waals surface area contributed by atoms with Crippen LogP contribution in [-0.2, 0) is 16.4 Å². The van der Waals surface area contributed by atoms with Crippen LogP contribution in [0.25, 0.3) is 0 Å². The lowest BCUT2D eigenvalue weighted by Gasteiger charge is -2.12. The van der Waals surface area contributed by atoms with E-state index < -0.39 is 10.0 Å². The molecule has 2 aromatic carbocycles. The maximum Gasteiger partial charge on any atom is 0.251 e. The van der Waals surface area contributed by atoms with Gasteiger partial charge in [0, 0.05) is 18.2 Å². The Labute approximate surface area is 172 Å². The van der Waals surface area contributed by atoms with Crippen molar-refractivity contribution < 1.29 is 22.7 Å². The molecule has 2 rings (SSSR count). The average molecular weight is 421 g/mol. The molecule has 0 aliphatic rings. The van der Waals surface area contributed by atoms with Crippen LogP contribution in [0.1, 0.15) is 36.2 Å². The summed E-state index contributed by atoms with van der Waals surface area (Å²) >= 11 is 0. The fraction of sp³-hybridized carbons (Fsp3) is 0.381. The van der Waals surface area contributed by atoms with E-state index in [2.05, 4.69) is 10.0 Å². The highest BCUT2D eigenvalue weighted by Crippen LogP contribution is 2.27. The van der Waals surface area contributed by atoms with Crippen LogP contribution in [0.5, 0.6) is 11.5 Å². The zero-order chi connectivity index (χ0) is 21.4. The Kier molecular flexibility index (Phi) is 8.04. The number of hydrogen-bond acceptors (Lipinski definition) is 5. The molecule has 2 aromatic rings. The molecule has 0 aliphatic carbocycles. The lowest BCUT2D eigenvalue weighted by molar-refractivity contribution is 0.0954. The third kappa shape index (κ3) is 6.20. The number of carbonyl (C=O) groups is 1. The summed E-state index contributed by atoms with van der Waals surface area (Å²) in [7, 11) is -0.430. The molecule has 8 heteroatoms. The van der Waals surface area contributed by atoms with Crippen LogP contribution in [0.15, 0.2) is 47.4 Å². The molecule has 29 heavy (non-hydrogen) atoms. The topological polar surface area (TPSA) is 93.7 Å². The van der Waals surface area contributed by atoms with E-state index in [0.29, 0.717) is 36.4 Å². The number of carbonyl (C=O) groups excluding carboxylic acids is 1. The van der Waals surface area contributed by atoms with Gasteiger partial charge in [-0.15, -0.1) is 0 Å². The fourth-order valence-corrected chi connectivity index (χ4v) is 3.99. The van der Waals surface area contributed by atoms with Crippen molar-refractivity contribution >= 4 is 15.9 Å². The molecule has 0 spiro atoms. The summed E-state index contributed by atoms with van der Waals surface area (Å²) in [6.45, 7) is 4.14. The van der Waals surface area contributed by atoms with Gasteiger partial charge in [-0.3, -0.25) is 4.79 Å². The van der Waals surface area contributed by atoms with Gasteiger partial charge in [-0.25, -0.2) is 13.1 Å². The highest BCUT2D eigenvalue weighted by atomic mass is 32.2. The Morgan fingerprint density at radius 2 is 1.69 bits per heavy atom. The fourth-order valence-electron chi connectivity index (χ4n) is 2.66. The minimum Gasteiger partial charge on any atom is -0.493 e. The SMILES string of the molecule is CC[C@H](C)NS(=O)(=O)c1ccc(C(=O)NCCc2ccc(OC)c(OC)c2)cc1. The molecule has 1 amide bonds. The van der Waals surface area contributed by atoms with Crippen LogP contribution in [0.2, 0.25) is 0 Å². The lowest BCUT2D eigenvalue weighted by Crippen LogP contribution is -2.32. The Balaban J connectivity index is 1.94. The van der Waals surface area contributed by atoms with Crippen LogP contribution in [-0.4, -0.2) is 41.1 Å². The molecular formula is C21H28N2O5S. The molecule has 0 saturated carbocycles. The van der Waals surface area contributed by atoms with Gasteiger partial charge in [0.15, 0.2) is 11.5 Å². The van der Waals surface area contributed by atoms with Crippen molar-refractivity contribution in [1.82, 2.24) is 10.0 Å². The van der Waals surface area contributed by atoms with Crippen LogP contribution in [0, 0.1) is 0 Å². The van der Waals surface area contributed by atoms with Crippen molar-refractivity contribution in [2.45, 2.75) is 37.6 Å². The second-order valence-electron chi connectivity index (χ2n) is 6.65. The number of benzene rings is 2. The first-order valence-electron chi connectivity index (χ1n) is 9.42. The van der Waals surface area contributed by atoms with Gasteiger partial charge in [0.2, 0.25) is 10.0 Å². The summed E-state index contributed by atoms with van der Waals surface area (Å²) in [5.74, 6) is 1.03. The van der Waals surface area contributed by atoms with Crippen molar-refractivity contribution in [1.29, 1.82) is 0 Å².